The van der Waals surface area contributed by atoms with Crippen molar-refractivity contribution in [2.75, 3.05) is 6.61 Å². The summed E-state index contributed by atoms with van der Waals surface area (Å²) < 4.78 is 12.8. The first-order valence-corrected chi connectivity index (χ1v) is 10.5. The molecule has 0 aliphatic heterocycles. The lowest BCUT2D eigenvalue weighted by Crippen LogP contribution is -1.95. The molecule has 5 nitrogen and oxygen atoms in total. The van der Waals surface area contributed by atoms with Crippen LogP contribution in [-0.4, -0.2) is 22.9 Å². The van der Waals surface area contributed by atoms with Gasteiger partial charge in [-0.2, -0.15) is 0 Å². The SMILES string of the molecule is CCOc1cc(Br)c(Br)c(C=Nc2ccc3oc(-c4ccccc4)nc3c2)c1O. The molecule has 3 aromatic carbocycles. The fourth-order valence-electron chi connectivity index (χ4n) is 2.83. The van der Waals surface area contributed by atoms with Crippen LogP contribution in [0.15, 0.2) is 73.0 Å². The summed E-state index contributed by atoms with van der Waals surface area (Å²) in [6, 6.07) is 17.0. The summed E-state index contributed by atoms with van der Waals surface area (Å²) >= 11 is 6.94. The van der Waals surface area contributed by atoms with Gasteiger partial charge in [-0.1, -0.05) is 18.2 Å². The van der Waals surface area contributed by atoms with E-state index in [0.29, 0.717) is 45.1 Å². The largest absolute Gasteiger partial charge is 0.504 e. The van der Waals surface area contributed by atoms with Crippen LogP contribution < -0.4 is 4.74 Å². The predicted octanol–water partition coefficient (Wildman–Crippen LogP) is 6.87. The summed E-state index contributed by atoms with van der Waals surface area (Å²) in [4.78, 5) is 9.06. The number of fused-ring (bicyclic) bond motifs is 1. The van der Waals surface area contributed by atoms with Gasteiger partial charge in [0.25, 0.3) is 0 Å². The number of aromatic hydroxyl groups is 1. The fourth-order valence-corrected chi connectivity index (χ4v) is 3.66. The number of aliphatic imine (C=N–C) groups is 1. The number of hydrogen-bond donors (Lipinski definition) is 1. The Labute approximate surface area is 184 Å². The van der Waals surface area contributed by atoms with Crippen molar-refractivity contribution in [2.24, 2.45) is 4.99 Å². The van der Waals surface area contributed by atoms with Crippen LogP contribution in [0.4, 0.5) is 5.69 Å². The molecule has 29 heavy (non-hydrogen) atoms. The van der Waals surface area contributed by atoms with Gasteiger partial charge in [0.15, 0.2) is 17.1 Å². The number of ether oxygens (including phenoxy) is 1. The van der Waals surface area contributed by atoms with Gasteiger partial charge in [0, 0.05) is 20.7 Å². The lowest BCUT2D eigenvalue weighted by molar-refractivity contribution is 0.317. The van der Waals surface area contributed by atoms with E-state index in [4.69, 9.17) is 9.15 Å². The van der Waals surface area contributed by atoms with E-state index in [2.05, 4.69) is 41.8 Å². The third kappa shape index (κ3) is 4.06. The molecule has 7 heteroatoms. The van der Waals surface area contributed by atoms with E-state index in [9.17, 15) is 5.11 Å². The van der Waals surface area contributed by atoms with E-state index in [1.807, 2.05) is 55.5 Å². The molecular weight excluding hydrogens is 500 g/mol. The second-order valence-electron chi connectivity index (χ2n) is 6.16. The van der Waals surface area contributed by atoms with Crippen molar-refractivity contribution in [1.82, 2.24) is 4.98 Å². The van der Waals surface area contributed by atoms with E-state index in [0.717, 1.165) is 10.0 Å². The zero-order chi connectivity index (χ0) is 20.4. The van der Waals surface area contributed by atoms with Gasteiger partial charge in [-0.05, 0) is 75.2 Å². The average molecular weight is 516 g/mol. The van der Waals surface area contributed by atoms with Crippen molar-refractivity contribution < 1.29 is 14.3 Å². The van der Waals surface area contributed by atoms with Crippen LogP contribution in [0, 0.1) is 0 Å². The maximum absolute atomic E-state index is 10.5. The second kappa shape index (κ2) is 8.39. The quantitative estimate of drug-likeness (QED) is 0.294. The molecule has 146 valence electrons. The van der Waals surface area contributed by atoms with E-state index >= 15 is 0 Å². The van der Waals surface area contributed by atoms with Gasteiger partial charge in [-0.15, -0.1) is 0 Å². The summed E-state index contributed by atoms with van der Waals surface area (Å²) in [7, 11) is 0. The van der Waals surface area contributed by atoms with Crippen molar-refractivity contribution in [1.29, 1.82) is 0 Å². The van der Waals surface area contributed by atoms with Gasteiger partial charge in [0.2, 0.25) is 5.89 Å². The van der Waals surface area contributed by atoms with Crippen molar-refractivity contribution in [3.8, 4) is 23.0 Å². The Morgan fingerprint density at radius 1 is 1.14 bits per heavy atom. The minimum Gasteiger partial charge on any atom is -0.504 e. The maximum atomic E-state index is 10.5. The van der Waals surface area contributed by atoms with Crippen LogP contribution in [-0.2, 0) is 0 Å². The van der Waals surface area contributed by atoms with Gasteiger partial charge in [0.1, 0.15) is 5.52 Å². The lowest BCUT2D eigenvalue weighted by Gasteiger charge is -2.11. The number of phenols is 1. The van der Waals surface area contributed by atoms with Crippen LogP contribution >= 0.6 is 31.9 Å². The minimum atomic E-state index is 0.0274. The Morgan fingerprint density at radius 2 is 1.93 bits per heavy atom. The molecule has 0 fully saturated rings. The Kier molecular flexibility index (Phi) is 5.69. The molecule has 0 radical (unpaired) electrons. The first kappa shape index (κ1) is 19.7. The zero-order valence-electron chi connectivity index (χ0n) is 15.4. The number of benzene rings is 3. The molecule has 0 spiro atoms. The van der Waals surface area contributed by atoms with Crippen LogP contribution in [0.1, 0.15) is 12.5 Å². The predicted molar refractivity (Wildman–Crippen MR) is 121 cm³/mol. The highest BCUT2D eigenvalue weighted by molar-refractivity contribution is 9.13. The number of aromatic nitrogens is 1. The highest BCUT2D eigenvalue weighted by atomic mass is 79.9. The van der Waals surface area contributed by atoms with Crippen LogP contribution in [0.5, 0.6) is 11.5 Å². The average Bonchev–Trinajstić information content (AvgIpc) is 3.16. The van der Waals surface area contributed by atoms with E-state index in [1.54, 1.807) is 12.3 Å². The van der Waals surface area contributed by atoms with E-state index in [-0.39, 0.29) is 5.75 Å². The minimum absolute atomic E-state index is 0.0274. The monoisotopic (exact) mass is 514 g/mol. The van der Waals surface area contributed by atoms with Gasteiger partial charge >= 0.3 is 0 Å². The molecule has 1 heterocycles. The Balaban J connectivity index is 1.69. The molecule has 0 aliphatic rings. The molecule has 0 aliphatic carbocycles. The third-order valence-electron chi connectivity index (χ3n) is 4.23. The number of oxazole rings is 1. The van der Waals surface area contributed by atoms with Gasteiger partial charge in [0.05, 0.1) is 17.9 Å². The first-order chi connectivity index (χ1) is 14.1. The fraction of sp³-hybridized carbons (Fsp3) is 0.0909. The van der Waals surface area contributed by atoms with Crippen LogP contribution in [0.2, 0.25) is 0 Å². The molecule has 4 rings (SSSR count). The van der Waals surface area contributed by atoms with Crippen molar-refractivity contribution in [3.05, 3.63) is 69.1 Å². The molecule has 0 bridgehead atoms. The first-order valence-electron chi connectivity index (χ1n) is 8.90. The molecule has 4 aromatic rings. The molecule has 1 N–H and O–H groups in total. The summed E-state index contributed by atoms with van der Waals surface area (Å²) in [6.07, 6.45) is 1.59. The van der Waals surface area contributed by atoms with Crippen LogP contribution in [0.25, 0.3) is 22.6 Å². The van der Waals surface area contributed by atoms with E-state index in [1.165, 1.54) is 0 Å². The number of rotatable bonds is 5. The van der Waals surface area contributed by atoms with Gasteiger partial charge in [-0.3, -0.25) is 4.99 Å². The Morgan fingerprint density at radius 3 is 2.69 bits per heavy atom. The van der Waals surface area contributed by atoms with Crippen molar-refractivity contribution >= 4 is 54.9 Å². The van der Waals surface area contributed by atoms with Gasteiger partial charge in [-0.25, -0.2) is 4.98 Å². The summed E-state index contributed by atoms with van der Waals surface area (Å²) in [6.45, 7) is 2.31. The van der Waals surface area contributed by atoms with Crippen molar-refractivity contribution in [3.63, 3.8) is 0 Å². The van der Waals surface area contributed by atoms with Crippen molar-refractivity contribution in [2.45, 2.75) is 6.92 Å². The summed E-state index contributed by atoms with van der Waals surface area (Å²) in [5.41, 5.74) is 3.53. The highest BCUT2D eigenvalue weighted by Gasteiger charge is 2.15. The molecule has 0 saturated heterocycles. The molecule has 0 unspecified atom stereocenters. The lowest BCUT2D eigenvalue weighted by atomic mass is 10.2. The van der Waals surface area contributed by atoms with Gasteiger partial charge < -0.3 is 14.3 Å². The molecular formula is C22H16Br2N2O3. The number of phenolic OH excluding ortho intramolecular Hbond substituents is 1. The standard InChI is InChI=1S/C22H16Br2N2O3/c1-2-28-19-11-16(23)20(24)15(21(19)27)12-25-14-8-9-18-17(10-14)26-22(29-18)13-6-4-3-5-7-13/h3-12,27H,2H2,1H3. The number of nitrogens with zero attached hydrogens (tertiary/aromatic N) is 2. The summed E-state index contributed by atoms with van der Waals surface area (Å²) in [5, 5.41) is 10.5. The number of halogens is 2. The molecule has 1 aromatic heterocycles. The molecule has 0 saturated carbocycles. The zero-order valence-corrected chi connectivity index (χ0v) is 18.6. The Hall–Kier alpha value is -2.64. The highest BCUT2D eigenvalue weighted by Crippen LogP contribution is 2.40. The Bertz CT molecular complexity index is 1200. The topological polar surface area (TPSA) is 67.9 Å². The molecule has 0 amide bonds. The maximum Gasteiger partial charge on any atom is 0.227 e. The second-order valence-corrected chi connectivity index (χ2v) is 7.81. The van der Waals surface area contributed by atoms with E-state index < -0.39 is 0 Å². The normalized spacial score (nSPS) is 11.4. The third-order valence-corrected chi connectivity index (χ3v) is 6.24. The number of hydrogen-bond acceptors (Lipinski definition) is 5. The molecule has 0 atom stereocenters. The summed E-state index contributed by atoms with van der Waals surface area (Å²) in [5.74, 6) is 0.985. The smallest absolute Gasteiger partial charge is 0.227 e. The van der Waals surface area contributed by atoms with Crippen LogP contribution in [0.3, 0.4) is 0 Å².